The summed E-state index contributed by atoms with van der Waals surface area (Å²) >= 11 is 1.55. The molecular formula is C18H23N3O2S. The Morgan fingerprint density at radius 2 is 2.17 bits per heavy atom. The zero-order valence-corrected chi connectivity index (χ0v) is 14.6. The van der Waals surface area contributed by atoms with Crippen LogP contribution in [0.2, 0.25) is 0 Å². The predicted molar refractivity (Wildman–Crippen MR) is 96.1 cm³/mol. The van der Waals surface area contributed by atoms with Crippen molar-refractivity contribution in [1.29, 1.82) is 0 Å². The molecule has 0 aliphatic heterocycles. The minimum atomic E-state index is 0.000828. The monoisotopic (exact) mass is 345 g/mol. The molecule has 0 radical (unpaired) electrons. The Bertz CT molecular complexity index is 680. The van der Waals surface area contributed by atoms with Crippen LogP contribution in [0.15, 0.2) is 29.6 Å². The van der Waals surface area contributed by atoms with Crippen LogP contribution in [0, 0.1) is 5.92 Å². The number of nitrogens with zero attached hydrogens (tertiary/aromatic N) is 1. The van der Waals surface area contributed by atoms with Crippen LogP contribution in [0.5, 0.6) is 5.75 Å². The van der Waals surface area contributed by atoms with E-state index in [2.05, 4.69) is 10.3 Å². The van der Waals surface area contributed by atoms with Crippen molar-refractivity contribution in [3.8, 4) is 16.3 Å². The Labute approximate surface area is 146 Å². The summed E-state index contributed by atoms with van der Waals surface area (Å²) in [5.74, 6) is 1.42. The number of nitrogens with one attached hydrogen (secondary N) is 1. The molecule has 1 saturated carbocycles. The van der Waals surface area contributed by atoms with Crippen molar-refractivity contribution < 1.29 is 9.53 Å². The standard InChI is InChI=1S/C18H23N3O2S/c1-2-23-15-7-5-13(6-8-15)18-20-14(11-24-18)9-17(22)21-16(10-19)12-3-4-12/h5-8,11-12,16H,2-4,9-10,19H2,1H3,(H,21,22). The van der Waals surface area contributed by atoms with Crippen molar-refractivity contribution in [3.63, 3.8) is 0 Å². The van der Waals surface area contributed by atoms with E-state index in [-0.39, 0.29) is 11.9 Å². The van der Waals surface area contributed by atoms with Gasteiger partial charge in [0.15, 0.2) is 0 Å². The van der Waals surface area contributed by atoms with Crippen LogP contribution in [-0.4, -0.2) is 30.1 Å². The number of aromatic nitrogens is 1. The fraction of sp³-hybridized carbons (Fsp3) is 0.444. The van der Waals surface area contributed by atoms with Gasteiger partial charge in [0, 0.05) is 23.5 Å². The lowest BCUT2D eigenvalue weighted by molar-refractivity contribution is -0.121. The van der Waals surface area contributed by atoms with Crippen LogP contribution < -0.4 is 15.8 Å². The van der Waals surface area contributed by atoms with Crippen LogP contribution in [0.4, 0.5) is 0 Å². The first-order valence-electron chi connectivity index (χ1n) is 8.36. The van der Waals surface area contributed by atoms with E-state index in [1.165, 1.54) is 12.8 Å². The summed E-state index contributed by atoms with van der Waals surface area (Å²) < 4.78 is 5.45. The number of nitrogens with two attached hydrogens (primary N) is 1. The molecule has 2 aromatic rings. The van der Waals surface area contributed by atoms with Crippen LogP contribution in [0.1, 0.15) is 25.5 Å². The Hall–Kier alpha value is -1.92. The second-order valence-corrected chi connectivity index (χ2v) is 6.88. The highest BCUT2D eigenvalue weighted by Crippen LogP contribution is 2.32. The van der Waals surface area contributed by atoms with Gasteiger partial charge in [0.1, 0.15) is 10.8 Å². The third-order valence-corrected chi connectivity index (χ3v) is 5.04. The topological polar surface area (TPSA) is 77.2 Å². The number of carbonyl (C=O) groups is 1. The van der Waals surface area contributed by atoms with Gasteiger partial charge in [-0.3, -0.25) is 4.79 Å². The zero-order valence-electron chi connectivity index (χ0n) is 13.8. The largest absolute Gasteiger partial charge is 0.494 e. The molecule has 1 aliphatic rings. The summed E-state index contributed by atoms with van der Waals surface area (Å²) in [4.78, 5) is 16.7. The van der Waals surface area contributed by atoms with Gasteiger partial charge in [0.2, 0.25) is 5.91 Å². The summed E-state index contributed by atoms with van der Waals surface area (Å²) in [6.45, 7) is 3.12. The predicted octanol–water partition coefficient (Wildman–Crippen LogP) is 2.60. The number of benzene rings is 1. The number of thiazole rings is 1. The fourth-order valence-corrected chi connectivity index (χ4v) is 3.50. The van der Waals surface area contributed by atoms with Gasteiger partial charge < -0.3 is 15.8 Å². The van der Waals surface area contributed by atoms with Crippen molar-refractivity contribution in [1.82, 2.24) is 10.3 Å². The van der Waals surface area contributed by atoms with Crippen molar-refractivity contribution in [2.45, 2.75) is 32.2 Å². The van der Waals surface area contributed by atoms with Crippen LogP contribution in [0.3, 0.4) is 0 Å². The lowest BCUT2D eigenvalue weighted by atomic mass is 10.2. The van der Waals surface area contributed by atoms with Crippen molar-refractivity contribution in [2.75, 3.05) is 13.2 Å². The maximum atomic E-state index is 12.2. The van der Waals surface area contributed by atoms with E-state index >= 15 is 0 Å². The van der Waals surface area contributed by atoms with Gasteiger partial charge in [-0.25, -0.2) is 4.98 Å². The fourth-order valence-electron chi connectivity index (χ4n) is 2.67. The highest BCUT2D eigenvalue weighted by molar-refractivity contribution is 7.13. The maximum Gasteiger partial charge on any atom is 0.226 e. The number of amides is 1. The SMILES string of the molecule is CCOc1ccc(-c2nc(CC(=O)NC(CN)C3CC3)cs2)cc1. The molecule has 1 aliphatic carbocycles. The van der Waals surface area contributed by atoms with Crippen molar-refractivity contribution in [2.24, 2.45) is 11.7 Å². The second-order valence-electron chi connectivity index (χ2n) is 6.03. The van der Waals surface area contributed by atoms with Gasteiger partial charge in [-0.15, -0.1) is 11.3 Å². The summed E-state index contributed by atoms with van der Waals surface area (Å²) in [6, 6.07) is 7.97. The van der Waals surface area contributed by atoms with Gasteiger partial charge in [-0.2, -0.15) is 0 Å². The van der Waals surface area contributed by atoms with E-state index in [1.807, 2.05) is 36.6 Å². The molecule has 24 heavy (non-hydrogen) atoms. The molecule has 6 heteroatoms. The van der Waals surface area contributed by atoms with Crippen LogP contribution >= 0.6 is 11.3 Å². The summed E-state index contributed by atoms with van der Waals surface area (Å²) in [6.07, 6.45) is 2.64. The van der Waals surface area contributed by atoms with Crippen LogP contribution in [0.25, 0.3) is 10.6 Å². The number of hydrogen-bond donors (Lipinski definition) is 2. The number of carbonyl (C=O) groups excluding carboxylic acids is 1. The van der Waals surface area contributed by atoms with Crippen molar-refractivity contribution >= 4 is 17.2 Å². The maximum absolute atomic E-state index is 12.2. The Balaban J connectivity index is 1.59. The van der Waals surface area contributed by atoms with E-state index in [1.54, 1.807) is 11.3 Å². The minimum absolute atomic E-state index is 0.000828. The average molecular weight is 345 g/mol. The molecule has 0 saturated heterocycles. The zero-order chi connectivity index (χ0) is 16.9. The van der Waals surface area contributed by atoms with Crippen LogP contribution in [-0.2, 0) is 11.2 Å². The molecule has 1 heterocycles. The molecule has 1 aromatic heterocycles. The Morgan fingerprint density at radius 1 is 1.42 bits per heavy atom. The summed E-state index contributed by atoms with van der Waals surface area (Å²) in [5, 5.41) is 5.89. The first kappa shape index (κ1) is 16.9. The van der Waals surface area contributed by atoms with Gasteiger partial charge >= 0.3 is 0 Å². The Kier molecular flexibility index (Phi) is 5.48. The van der Waals surface area contributed by atoms with E-state index in [4.69, 9.17) is 10.5 Å². The molecule has 1 amide bonds. The van der Waals surface area contributed by atoms with E-state index in [9.17, 15) is 4.79 Å². The second kappa shape index (κ2) is 7.77. The van der Waals surface area contributed by atoms with E-state index in [0.29, 0.717) is 25.5 Å². The smallest absolute Gasteiger partial charge is 0.226 e. The molecule has 1 fully saturated rings. The normalized spacial score (nSPS) is 15.1. The van der Waals surface area contributed by atoms with E-state index < -0.39 is 0 Å². The number of rotatable bonds is 8. The van der Waals surface area contributed by atoms with Gasteiger partial charge in [0.25, 0.3) is 0 Å². The van der Waals surface area contributed by atoms with Crippen molar-refractivity contribution in [3.05, 3.63) is 35.3 Å². The highest BCUT2D eigenvalue weighted by Gasteiger charge is 2.31. The minimum Gasteiger partial charge on any atom is -0.494 e. The van der Waals surface area contributed by atoms with Gasteiger partial charge in [0.05, 0.1) is 18.7 Å². The lowest BCUT2D eigenvalue weighted by Gasteiger charge is -2.15. The first-order valence-corrected chi connectivity index (χ1v) is 9.24. The number of hydrogen-bond acceptors (Lipinski definition) is 5. The molecule has 0 spiro atoms. The molecule has 128 valence electrons. The first-order chi connectivity index (χ1) is 11.7. The highest BCUT2D eigenvalue weighted by atomic mass is 32.1. The molecule has 5 nitrogen and oxygen atoms in total. The third kappa shape index (κ3) is 4.33. The molecule has 3 rings (SSSR count). The average Bonchev–Trinajstić information content (AvgIpc) is 3.33. The quantitative estimate of drug-likeness (QED) is 0.771. The molecular weight excluding hydrogens is 322 g/mol. The molecule has 0 bridgehead atoms. The summed E-state index contributed by atoms with van der Waals surface area (Å²) in [7, 11) is 0. The lowest BCUT2D eigenvalue weighted by Crippen LogP contribution is -2.42. The van der Waals surface area contributed by atoms with Gasteiger partial charge in [-0.1, -0.05) is 0 Å². The van der Waals surface area contributed by atoms with Gasteiger partial charge in [-0.05, 0) is 49.9 Å². The number of ether oxygens (including phenoxy) is 1. The summed E-state index contributed by atoms with van der Waals surface area (Å²) in [5.41, 5.74) is 7.56. The molecule has 1 atom stereocenters. The molecule has 1 aromatic carbocycles. The molecule has 1 unspecified atom stereocenters. The Morgan fingerprint density at radius 3 is 2.79 bits per heavy atom. The van der Waals surface area contributed by atoms with E-state index in [0.717, 1.165) is 22.0 Å². The third-order valence-electron chi connectivity index (χ3n) is 4.10. The molecule has 3 N–H and O–H groups in total.